The normalized spacial score (nSPS) is 10.2. The molecule has 0 saturated carbocycles. The number of unbranched alkanes of at least 4 members (excludes halogenated alkanes) is 2. The van der Waals surface area contributed by atoms with E-state index in [9.17, 15) is 19.2 Å². The van der Waals surface area contributed by atoms with Crippen molar-refractivity contribution in [3.05, 3.63) is 109 Å². The molecule has 11 heteroatoms. The lowest BCUT2D eigenvalue weighted by molar-refractivity contribution is -0.139. The Labute approximate surface area is 261 Å². The SMILES string of the molecule is C=CC(=O)OCCCCOc1ccc(C(=O)Oc2ccc(OC(=O)c3ccc(OCCCCOC(=O)C(=C)N)cc3)cc2)cc1. The van der Waals surface area contributed by atoms with Crippen molar-refractivity contribution in [2.24, 2.45) is 5.73 Å². The summed E-state index contributed by atoms with van der Waals surface area (Å²) in [6.45, 7) is 8.00. The monoisotopic (exact) mass is 617 g/mol. The number of esters is 4. The molecule has 0 heterocycles. The first-order valence-electron chi connectivity index (χ1n) is 14.2. The zero-order valence-corrected chi connectivity index (χ0v) is 24.7. The lowest BCUT2D eigenvalue weighted by atomic mass is 10.2. The van der Waals surface area contributed by atoms with Gasteiger partial charge in [0, 0.05) is 6.08 Å². The van der Waals surface area contributed by atoms with Crippen LogP contribution in [0.3, 0.4) is 0 Å². The van der Waals surface area contributed by atoms with Crippen molar-refractivity contribution >= 4 is 23.9 Å². The molecule has 0 aliphatic carbocycles. The van der Waals surface area contributed by atoms with E-state index in [0.29, 0.717) is 68.1 Å². The maximum absolute atomic E-state index is 12.5. The van der Waals surface area contributed by atoms with E-state index in [1.165, 1.54) is 24.3 Å². The van der Waals surface area contributed by atoms with Gasteiger partial charge in [0.1, 0.15) is 28.7 Å². The Bertz CT molecular complexity index is 1450. The maximum atomic E-state index is 12.5. The van der Waals surface area contributed by atoms with Crippen LogP contribution < -0.4 is 24.7 Å². The molecule has 0 atom stereocenters. The predicted molar refractivity (Wildman–Crippen MR) is 164 cm³/mol. The molecule has 0 amide bonds. The molecule has 0 radical (unpaired) electrons. The topological polar surface area (TPSA) is 150 Å². The molecule has 2 N–H and O–H groups in total. The highest BCUT2D eigenvalue weighted by atomic mass is 16.5. The fourth-order valence-electron chi connectivity index (χ4n) is 3.56. The molecule has 11 nitrogen and oxygen atoms in total. The third-order valence-corrected chi connectivity index (χ3v) is 5.95. The van der Waals surface area contributed by atoms with E-state index in [-0.39, 0.29) is 23.8 Å². The van der Waals surface area contributed by atoms with Crippen LogP contribution in [0, 0.1) is 0 Å². The third kappa shape index (κ3) is 12.3. The molecule has 0 aromatic heterocycles. The van der Waals surface area contributed by atoms with Gasteiger partial charge in [-0.1, -0.05) is 13.2 Å². The van der Waals surface area contributed by atoms with Gasteiger partial charge in [-0.3, -0.25) is 0 Å². The van der Waals surface area contributed by atoms with Crippen LogP contribution in [0.1, 0.15) is 46.4 Å². The minimum absolute atomic E-state index is 0.134. The zero-order valence-electron chi connectivity index (χ0n) is 24.7. The lowest BCUT2D eigenvalue weighted by Crippen LogP contribution is -2.14. The van der Waals surface area contributed by atoms with Gasteiger partial charge >= 0.3 is 23.9 Å². The van der Waals surface area contributed by atoms with Crippen molar-refractivity contribution in [1.82, 2.24) is 0 Å². The lowest BCUT2D eigenvalue weighted by Gasteiger charge is -2.09. The Morgan fingerprint density at radius 2 is 0.956 bits per heavy atom. The van der Waals surface area contributed by atoms with Crippen LogP contribution in [0.5, 0.6) is 23.0 Å². The zero-order chi connectivity index (χ0) is 32.4. The molecule has 0 unspecified atom stereocenters. The van der Waals surface area contributed by atoms with Crippen molar-refractivity contribution in [3.63, 3.8) is 0 Å². The molecule has 0 fully saturated rings. The standard InChI is InChI=1S/C34H35NO10/c1-3-31(36)42-22-6-4-20-40-27-12-8-25(9-13-27)33(38)44-29-16-18-30(19-17-29)45-34(39)26-10-14-28(15-11-26)41-21-5-7-23-43-32(37)24(2)35/h3,8-19H,1-2,4-7,20-23,35H2. The number of hydrogen-bond donors (Lipinski definition) is 1. The second-order valence-electron chi connectivity index (χ2n) is 9.44. The molecule has 0 spiro atoms. The number of nitrogens with two attached hydrogens (primary N) is 1. The molecule has 0 saturated heterocycles. The fraction of sp³-hybridized carbons (Fsp3) is 0.235. The molecule has 236 valence electrons. The van der Waals surface area contributed by atoms with Gasteiger partial charge < -0.3 is 34.2 Å². The van der Waals surface area contributed by atoms with Crippen molar-refractivity contribution < 1.29 is 47.6 Å². The maximum Gasteiger partial charge on any atom is 0.353 e. The molecule has 3 aromatic carbocycles. The summed E-state index contributed by atoms with van der Waals surface area (Å²) in [6.07, 6.45) is 3.72. The molecule has 3 rings (SSSR count). The van der Waals surface area contributed by atoms with E-state index in [1.807, 2.05) is 0 Å². The molecule has 0 aliphatic heterocycles. The predicted octanol–water partition coefficient (Wildman–Crippen LogP) is 5.19. The quantitative estimate of drug-likeness (QED) is 0.0870. The van der Waals surface area contributed by atoms with E-state index in [1.54, 1.807) is 48.5 Å². The summed E-state index contributed by atoms with van der Waals surface area (Å²) in [6, 6.07) is 19.1. The van der Waals surface area contributed by atoms with Crippen LogP contribution in [0.4, 0.5) is 0 Å². The van der Waals surface area contributed by atoms with Gasteiger partial charge in [-0.2, -0.15) is 0 Å². The Balaban J connectivity index is 1.36. The van der Waals surface area contributed by atoms with Crippen LogP contribution in [0.2, 0.25) is 0 Å². The largest absolute Gasteiger partial charge is 0.494 e. The van der Waals surface area contributed by atoms with Crippen LogP contribution in [-0.2, 0) is 19.1 Å². The number of carbonyl (C=O) groups is 4. The average molecular weight is 618 g/mol. The minimum atomic E-state index is -0.626. The van der Waals surface area contributed by atoms with Crippen molar-refractivity contribution in [1.29, 1.82) is 0 Å². The minimum Gasteiger partial charge on any atom is -0.494 e. The Hall–Kier alpha value is -5.58. The summed E-state index contributed by atoms with van der Waals surface area (Å²) >= 11 is 0. The molecular weight excluding hydrogens is 582 g/mol. The second-order valence-corrected chi connectivity index (χ2v) is 9.44. The number of ether oxygens (including phenoxy) is 6. The van der Waals surface area contributed by atoms with Gasteiger partial charge in [0.15, 0.2) is 0 Å². The van der Waals surface area contributed by atoms with E-state index in [0.717, 1.165) is 6.08 Å². The first-order valence-corrected chi connectivity index (χ1v) is 14.2. The second kappa shape index (κ2) is 18.2. The van der Waals surface area contributed by atoms with Gasteiger partial charge in [0.2, 0.25) is 0 Å². The smallest absolute Gasteiger partial charge is 0.353 e. The van der Waals surface area contributed by atoms with Gasteiger partial charge in [0.25, 0.3) is 0 Å². The Morgan fingerprint density at radius 1 is 0.578 bits per heavy atom. The number of rotatable bonds is 18. The van der Waals surface area contributed by atoms with Crippen LogP contribution >= 0.6 is 0 Å². The number of hydrogen-bond acceptors (Lipinski definition) is 11. The highest BCUT2D eigenvalue weighted by Gasteiger charge is 2.12. The van der Waals surface area contributed by atoms with Crippen molar-refractivity contribution in [2.75, 3.05) is 26.4 Å². The third-order valence-electron chi connectivity index (χ3n) is 5.95. The highest BCUT2D eigenvalue weighted by molar-refractivity contribution is 5.92. The summed E-state index contributed by atoms with van der Waals surface area (Å²) in [5.41, 5.74) is 5.77. The Kier molecular flexibility index (Phi) is 13.7. The van der Waals surface area contributed by atoms with Crippen molar-refractivity contribution in [3.8, 4) is 23.0 Å². The molecular formula is C34H35NO10. The van der Waals surface area contributed by atoms with Gasteiger partial charge in [-0.15, -0.1) is 0 Å². The fourth-order valence-corrected chi connectivity index (χ4v) is 3.56. The summed E-state index contributed by atoms with van der Waals surface area (Å²) in [5.74, 6) is -0.470. The van der Waals surface area contributed by atoms with Gasteiger partial charge in [0.05, 0.1) is 37.6 Å². The van der Waals surface area contributed by atoms with E-state index in [4.69, 9.17) is 34.2 Å². The summed E-state index contributed by atoms with van der Waals surface area (Å²) in [7, 11) is 0. The molecule has 0 aliphatic rings. The van der Waals surface area contributed by atoms with E-state index >= 15 is 0 Å². The van der Waals surface area contributed by atoms with Crippen LogP contribution in [-0.4, -0.2) is 50.3 Å². The van der Waals surface area contributed by atoms with Gasteiger partial charge in [-0.25, -0.2) is 19.2 Å². The first-order chi connectivity index (χ1) is 21.7. The summed E-state index contributed by atoms with van der Waals surface area (Å²) < 4.78 is 31.9. The van der Waals surface area contributed by atoms with Crippen molar-refractivity contribution in [2.45, 2.75) is 25.7 Å². The number of benzene rings is 3. The first kappa shape index (κ1) is 33.9. The molecule has 45 heavy (non-hydrogen) atoms. The Morgan fingerprint density at radius 3 is 1.36 bits per heavy atom. The molecule has 3 aromatic rings. The van der Waals surface area contributed by atoms with E-state index < -0.39 is 23.9 Å². The van der Waals surface area contributed by atoms with Crippen LogP contribution in [0.25, 0.3) is 0 Å². The van der Waals surface area contributed by atoms with Crippen LogP contribution in [0.15, 0.2) is 97.7 Å². The number of carbonyl (C=O) groups excluding carboxylic acids is 4. The molecule has 0 bridgehead atoms. The highest BCUT2D eigenvalue weighted by Crippen LogP contribution is 2.21. The summed E-state index contributed by atoms with van der Waals surface area (Å²) in [4.78, 5) is 47.3. The summed E-state index contributed by atoms with van der Waals surface area (Å²) in [5, 5.41) is 0. The van der Waals surface area contributed by atoms with E-state index in [2.05, 4.69) is 13.2 Å². The average Bonchev–Trinajstić information content (AvgIpc) is 3.05. The van der Waals surface area contributed by atoms with Gasteiger partial charge in [-0.05, 0) is 98.5 Å².